The number of aliphatic hydroxyl groups is 1. The minimum Gasteiger partial charge on any atom is -0.393 e. The first kappa shape index (κ1) is 14.4. The van der Waals surface area contributed by atoms with E-state index >= 15 is 0 Å². The van der Waals surface area contributed by atoms with E-state index in [-0.39, 0.29) is 6.10 Å². The van der Waals surface area contributed by atoms with Crippen LogP contribution in [0.15, 0.2) is 0 Å². The highest BCUT2D eigenvalue weighted by Crippen LogP contribution is 2.16. The Morgan fingerprint density at radius 2 is 1.25 bits per heavy atom. The maximum Gasteiger partial charge on any atom is 0.0540 e. The molecule has 1 aliphatic rings. The fourth-order valence-electron chi connectivity index (χ4n) is 1.26. The number of hydrogen-bond acceptors (Lipinski definition) is 2. The van der Waals surface area contributed by atoms with Gasteiger partial charge in [0.2, 0.25) is 0 Å². The van der Waals surface area contributed by atoms with Crippen molar-refractivity contribution in [3.8, 4) is 0 Å². The van der Waals surface area contributed by atoms with Crippen LogP contribution in [0, 0.1) is 0 Å². The first-order valence-corrected chi connectivity index (χ1v) is 5.15. The highest BCUT2D eigenvalue weighted by molar-refractivity contribution is 4.60. The monoisotopic (exact) mass is 175 g/mol. The lowest BCUT2D eigenvalue weighted by Gasteiger charge is -2.02. The number of aliphatic hydroxyl groups excluding tert-OH is 1. The van der Waals surface area contributed by atoms with Crippen molar-refractivity contribution in [3.05, 3.63) is 0 Å². The molecule has 1 fully saturated rings. The molecule has 1 saturated carbocycles. The lowest BCUT2D eigenvalue weighted by atomic mass is 10.2. The fourth-order valence-corrected chi connectivity index (χ4v) is 1.26. The van der Waals surface area contributed by atoms with Crippen LogP contribution in [0.3, 0.4) is 0 Å². The van der Waals surface area contributed by atoms with Gasteiger partial charge in [-0.15, -0.1) is 0 Å². The Morgan fingerprint density at radius 3 is 1.58 bits per heavy atom. The zero-order valence-corrected chi connectivity index (χ0v) is 8.84. The zero-order valence-electron chi connectivity index (χ0n) is 8.84. The smallest absolute Gasteiger partial charge is 0.0540 e. The topological polar surface area (TPSA) is 46.2 Å². The molecule has 0 bridgehead atoms. The van der Waals surface area contributed by atoms with Gasteiger partial charge < -0.3 is 10.8 Å². The lowest BCUT2D eigenvalue weighted by Crippen LogP contribution is -2.02. The van der Waals surface area contributed by atoms with E-state index < -0.39 is 0 Å². The van der Waals surface area contributed by atoms with Crippen LogP contribution in [-0.2, 0) is 0 Å². The standard InChI is InChI=1S/C7H14O.C2H6.CH5N/c8-7-5-3-1-2-4-6-7;2*1-2/h7-8H,1-6H2;1-2H3;2H2,1H3. The van der Waals surface area contributed by atoms with Crippen molar-refractivity contribution in [2.45, 2.75) is 58.5 Å². The third kappa shape index (κ3) is 9.92. The number of nitrogens with two attached hydrogens (primary N) is 1. The molecule has 0 spiro atoms. The summed E-state index contributed by atoms with van der Waals surface area (Å²) in [6.07, 6.45) is 7.24. The largest absolute Gasteiger partial charge is 0.393 e. The summed E-state index contributed by atoms with van der Waals surface area (Å²) in [6, 6.07) is 0. The van der Waals surface area contributed by atoms with Gasteiger partial charge in [0.15, 0.2) is 0 Å². The van der Waals surface area contributed by atoms with E-state index in [0.29, 0.717) is 0 Å². The minimum atomic E-state index is 0.0255. The molecule has 0 unspecified atom stereocenters. The second kappa shape index (κ2) is 13.5. The molecule has 0 aromatic heterocycles. The summed E-state index contributed by atoms with van der Waals surface area (Å²) in [7, 11) is 1.50. The zero-order chi connectivity index (χ0) is 9.82. The molecule has 0 saturated heterocycles. The average molecular weight is 175 g/mol. The Balaban J connectivity index is 0. The summed E-state index contributed by atoms with van der Waals surface area (Å²) >= 11 is 0. The van der Waals surface area contributed by atoms with Gasteiger partial charge in [-0.2, -0.15) is 0 Å². The van der Waals surface area contributed by atoms with Gasteiger partial charge in [0.25, 0.3) is 0 Å². The van der Waals surface area contributed by atoms with Crippen LogP contribution in [0.5, 0.6) is 0 Å². The number of rotatable bonds is 0. The summed E-state index contributed by atoms with van der Waals surface area (Å²) < 4.78 is 0. The van der Waals surface area contributed by atoms with Crippen LogP contribution in [0.25, 0.3) is 0 Å². The van der Waals surface area contributed by atoms with Crippen LogP contribution < -0.4 is 5.73 Å². The van der Waals surface area contributed by atoms with Gasteiger partial charge in [0.1, 0.15) is 0 Å². The Morgan fingerprint density at radius 1 is 0.917 bits per heavy atom. The summed E-state index contributed by atoms with van der Waals surface area (Å²) in [4.78, 5) is 0. The molecule has 0 radical (unpaired) electrons. The van der Waals surface area contributed by atoms with Gasteiger partial charge in [0.05, 0.1) is 6.10 Å². The molecular formula is C10H25NO. The lowest BCUT2D eigenvalue weighted by molar-refractivity contribution is 0.157. The van der Waals surface area contributed by atoms with Crippen LogP contribution in [0.2, 0.25) is 0 Å². The van der Waals surface area contributed by atoms with Crippen molar-refractivity contribution in [3.63, 3.8) is 0 Å². The second-order valence-electron chi connectivity index (χ2n) is 2.65. The van der Waals surface area contributed by atoms with Gasteiger partial charge in [-0.3, -0.25) is 0 Å². The second-order valence-corrected chi connectivity index (χ2v) is 2.65. The van der Waals surface area contributed by atoms with Gasteiger partial charge in [-0.05, 0) is 19.9 Å². The minimum absolute atomic E-state index is 0.0255. The molecule has 0 atom stereocenters. The van der Waals surface area contributed by atoms with E-state index in [0.717, 1.165) is 12.8 Å². The molecule has 76 valence electrons. The van der Waals surface area contributed by atoms with Gasteiger partial charge in [0, 0.05) is 0 Å². The molecule has 0 aliphatic heterocycles. The first-order valence-electron chi connectivity index (χ1n) is 5.15. The Kier molecular flexibility index (Phi) is 16.3. The molecule has 0 aromatic rings. The van der Waals surface area contributed by atoms with Crippen LogP contribution in [-0.4, -0.2) is 18.3 Å². The molecule has 0 heterocycles. The van der Waals surface area contributed by atoms with E-state index in [1.807, 2.05) is 13.8 Å². The van der Waals surface area contributed by atoms with Crippen molar-refractivity contribution in [1.82, 2.24) is 0 Å². The maximum atomic E-state index is 9.09. The van der Waals surface area contributed by atoms with Crippen molar-refractivity contribution in [2.24, 2.45) is 5.73 Å². The highest BCUT2D eigenvalue weighted by Gasteiger charge is 2.06. The predicted molar refractivity (Wildman–Crippen MR) is 55.2 cm³/mol. The Bertz CT molecular complexity index is 58.9. The average Bonchev–Trinajstić information content (AvgIpc) is 2.40. The predicted octanol–water partition coefficient (Wildman–Crippen LogP) is 2.30. The van der Waals surface area contributed by atoms with E-state index in [4.69, 9.17) is 5.11 Å². The molecular weight excluding hydrogens is 150 g/mol. The highest BCUT2D eigenvalue weighted by atomic mass is 16.3. The van der Waals surface area contributed by atoms with Crippen LogP contribution in [0.1, 0.15) is 52.4 Å². The maximum absolute atomic E-state index is 9.09. The summed E-state index contributed by atoms with van der Waals surface area (Å²) in [5.74, 6) is 0. The third-order valence-corrected chi connectivity index (χ3v) is 1.82. The molecule has 3 N–H and O–H groups in total. The van der Waals surface area contributed by atoms with Crippen molar-refractivity contribution in [1.29, 1.82) is 0 Å². The third-order valence-electron chi connectivity index (χ3n) is 1.82. The van der Waals surface area contributed by atoms with Crippen molar-refractivity contribution < 1.29 is 5.11 Å². The molecule has 12 heavy (non-hydrogen) atoms. The van der Waals surface area contributed by atoms with Gasteiger partial charge in [-0.1, -0.05) is 39.5 Å². The molecule has 2 nitrogen and oxygen atoms in total. The van der Waals surface area contributed by atoms with Crippen molar-refractivity contribution >= 4 is 0 Å². The summed E-state index contributed by atoms with van der Waals surface area (Å²) in [5.41, 5.74) is 4.50. The van der Waals surface area contributed by atoms with Crippen LogP contribution in [0.4, 0.5) is 0 Å². The molecule has 0 aromatic carbocycles. The van der Waals surface area contributed by atoms with Crippen molar-refractivity contribution in [2.75, 3.05) is 7.05 Å². The molecule has 0 amide bonds. The fraction of sp³-hybridized carbons (Fsp3) is 1.00. The molecule has 1 aliphatic carbocycles. The number of hydrogen-bond donors (Lipinski definition) is 2. The van der Waals surface area contributed by atoms with E-state index in [9.17, 15) is 0 Å². The Hall–Kier alpha value is -0.0800. The Labute approximate surface area is 77.2 Å². The normalized spacial score (nSPS) is 17.8. The first-order chi connectivity index (χ1) is 5.89. The summed E-state index contributed by atoms with van der Waals surface area (Å²) in [6.45, 7) is 4.00. The van der Waals surface area contributed by atoms with Crippen LogP contribution >= 0.6 is 0 Å². The molecule has 2 heteroatoms. The van der Waals surface area contributed by atoms with Gasteiger partial charge in [-0.25, -0.2) is 0 Å². The van der Waals surface area contributed by atoms with E-state index in [1.165, 1.54) is 32.7 Å². The quantitative estimate of drug-likeness (QED) is 0.555. The SMILES string of the molecule is CC.CN.OC1CCCCCC1. The summed E-state index contributed by atoms with van der Waals surface area (Å²) in [5, 5.41) is 9.09. The van der Waals surface area contributed by atoms with E-state index in [2.05, 4.69) is 5.73 Å². The van der Waals surface area contributed by atoms with Gasteiger partial charge >= 0.3 is 0 Å². The molecule has 1 rings (SSSR count). The van der Waals surface area contributed by atoms with E-state index in [1.54, 1.807) is 0 Å².